The zero-order chi connectivity index (χ0) is 23.4. The highest BCUT2D eigenvalue weighted by Crippen LogP contribution is 2.36. The molecule has 0 bridgehead atoms. The van der Waals surface area contributed by atoms with E-state index in [9.17, 15) is 26.4 Å². The number of carbonyl (C=O) groups is 1. The van der Waals surface area contributed by atoms with Crippen LogP contribution in [0.15, 0.2) is 83.8 Å². The molecule has 3 aromatic rings. The molecule has 32 heavy (non-hydrogen) atoms. The minimum Gasteiger partial charge on any atom is -0.324 e. The summed E-state index contributed by atoms with van der Waals surface area (Å²) in [4.78, 5) is 12.9. The normalized spacial score (nSPS) is 12.9. The number of nitrogens with one attached hydrogen (secondary N) is 2. The van der Waals surface area contributed by atoms with Gasteiger partial charge in [-0.2, -0.15) is 17.9 Å². The highest BCUT2D eigenvalue weighted by Gasteiger charge is 2.35. The molecule has 0 aliphatic heterocycles. The van der Waals surface area contributed by atoms with Crippen LogP contribution in [0, 0.1) is 0 Å². The van der Waals surface area contributed by atoms with Crippen LogP contribution in [-0.2, 0) is 27.4 Å². The number of alkyl halides is 3. The van der Waals surface area contributed by atoms with E-state index in [0.29, 0.717) is 11.6 Å². The predicted octanol–water partition coefficient (Wildman–Crippen LogP) is 4.89. The van der Waals surface area contributed by atoms with Crippen molar-refractivity contribution >= 4 is 33.2 Å². The number of rotatable bonds is 7. The van der Waals surface area contributed by atoms with Gasteiger partial charge in [0.1, 0.15) is 6.04 Å². The zero-order valence-electron chi connectivity index (χ0n) is 16.4. The lowest BCUT2D eigenvalue weighted by Gasteiger charge is -2.20. The zero-order valence-corrected chi connectivity index (χ0v) is 18.0. The summed E-state index contributed by atoms with van der Waals surface area (Å²) in [7, 11) is -4.12. The molecule has 10 heteroatoms. The second kappa shape index (κ2) is 9.72. The van der Waals surface area contributed by atoms with E-state index in [0.717, 1.165) is 6.07 Å². The van der Waals surface area contributed by atoms with Gasteiger partial charge in [-0.3, -0.25) is 4.79 Å². The van der Waals surface area contributed by atoms with Crippen molar-refractivity contribution in [3.05, 3.63) is 95.0 Å². The van der Waals surface area contributed by atoms with Crippen molar-refractivity contribution in [1.82, 2.24) is 4.72 Å². The first-order valence-corrected chi connectivity index (χ1v) is 11.2. The van der Waals surface area contributed by atoms with E-state index < -0.39 is 39.4 Å². The molecule has 0 heterocycles. The summed E-state index contributed by atoms with van der Waals surface area (Å²) < 4.78 is 68.0. The second-order valence-corrected chi connectivity index (χ2v) is 9.00. The quantitative estimate of drug-likeness (QED) is 0.503. The van der Waals surface area contributed by atoms with E-state index in [4.69, 9.17) is 11.6 Å². The van der Waals surface area contributed by atoms with E-state index in [1.54, 1.807) is 36.4 Å². The average molecular weight is 483 g/mol. The van der Waals surface area contributed by atoms with Crippen LogP contribution in [0.5, 0.6) is 0 Å². The lowest BCUT2D eigenvalue weighted by atomic mass is 10.1. The van der Waals surface area contributed by atoms with Crippen LogP contribution in [0.25, 0.3) is 0 Å². The van der Waals surface area contributed by atoms with Crippen molar-refractivity contribution in [3.8, 4) is 0 Å². The fourth-order valence-electron chi connectivity index (χ4n) is 2.97. The predicted molar refractivity (Wildman–Crippen MR) is 116 cm³/mol. The molecule has 0 saturated carbocycles. The second-order valence-electron chi connectivity index (χ2n) is 6.85. The van der Waals surface area contributed by atoms with Crippen LogP contribution in [0.3, 0.4) is 0 Å². The Morgan fingerprint density at radius 3 is 2.12 bits per heavy atom. The number of benzene rings is 3. The van der Waals surface area contributed by atoms with Gasteiger partial charge in [-0.1, -0.05) is 60.1 Å². The van der Waals surface area contributed by atoms with Crippen molar-refractivity contribution in [2.45, 2.75) is 23.5 Å². The maximum Gasteiger partial charge on any atom is 0.418 e. The standard InChI is InChI=1S/C22H18ClF3N2O3S/c23-16-11-12-19(18(14-16)22(24,25)26)27-21(29)20(13-15-7-3-1-4-8-15)28-32(30,31)17-9-5-2-6-10-17/h1-12,14,20,28H,13H2,(H,27,29)/t20-/m0/s1. The molecule has 0 spiro atoms. The molecule has 0 radical (unpaired) electrons. The summed E-state index contributed by atoms with van der Waals surface area (Å²) in [6.07, 6.45) is -4.85. The molecule has 1 amide bonds. The third-order valence-electron chi connectivity index (χ3n) is 4.49. The van der Waals surface area contributed by atoms with Crippen LogP contribution in [0.4, 0.5) is 18.9 Å². The fourth-order valence-corrected chi connectivity index (χ4v) is 4.36. The first-order chi connectivity index (χ1) is 15.1. The largest absolute Gasteiger partial charge is 0.418 e. The number of anilines is 1. The number of hydrogen-bond acceptors (Lipinski definition) is 3. The van der Waals surface area contributed by atoms with Crippen molar-refractivity contribution in [1.29, 1.82) is 0 Å². The maximum absolute atomic E-state index is 13.4. The third kappa shape index (κ3) is 6.09. The SMILES string of the molecule is O=C(Nc1ccc(Cl)cc1C(F)(F)F)[C@H](Cc1ccccc1)NS(=O)(=O)c1ccccc1. The highest BCUT2D eigenvalue weighted by atomic mass is 35.5. The van der Waals surface area contributed by atoms with E-state index in [1.165, 1.54) is 30.3 Å². The third-order valence-corrected chi connectivity index (χ3v) is 6.22. The summed E-state index contributed by atoms with van der Waals surface area (Å²) in [5, 5.41) is 2.04. The van der Waals surface area contributed by atoms with Crippen LogP contribution in [-0.4, -0.2) is 20.4 Å². The Labute approximate surface area is 188 Å². The molecular weight excluding hydrogens is 465 g/mol. The molecule has 0 aliphatic carbocycles. The first kappa shape index (κ1) is 23.8. The van der Waals surface area contributed by atoms with Gasteiger partial charge in [0.2, 0.25) is 15.9 Å². The Balaban J connectivity index is 1.93. The van der Waals surface area contributed by atoms with Crippen LogP contribution < -0.4 is 10.0 Å². The Morgan fingerprint density at radius 2 is 1.53 bits per heavy atom. The molecule has 3 rings (SSSR count). The van der Waals surface area contributed by atoms with E-state index in [2.05, 4.69) is 10.0 Å². The van der Waals surface area contributed by atoms with Gasteiger partial charge in [0.15, 0.2) is 0 Å². The van der Waals surface area contributed by atoms with Crippen molar-refractivity contribution < 1.29 is 26.4 Å². The van der Waals surface area contributed by atoms with E-state index in [-0.39, 0.29) is 16.3 Å². The Kier molecular flexibility index (Phi) is 7.22. The molecule has 1 atom stereocenters. The van der Waals surface area contributed by atoms with Gasteiger partial charge in [0.25, 0.3) is 0 Å². The van der Waals surface area contributed by atoms with Crippen LogP contribution in [0.1, 0.15) is 11.1 Å². The van der Waals surface area contributed by atoms with E-state index >= 15 is 0 Å². The van der Waals surface area contributed by atoms with Crippen LogP contribution in [0.2, 0.25) is 5.02 Å². The lowest BCUT2D eigenvalue weighted by Crippen LogP contribution is -2.45. The van der Waals surface area contributed by atoms with Gasteiger partial charge in [-0.15, -0.1) is 0 Å². The fraction of sp³-hybridized carbons (Fsp3) is 0.136. The molecule has 0 unspecified atom stereocenters. The first-order valence-electron chi connectivity index (χ1n) is 9.35. The number of sulfonamides is 1. The number of carbonyl (C=O) groups excluding carboxylic acids is 1. The Hall–Kier alpha value is -2.88. The molecule has 168 valence electrons. The summed E-state index contributed by atoms with van der Waals surface area (Å²) in [5.41, 5.74) is -1.04. The molecule has 5 nitrogen and oxygen atoms in total. The molecule has 0 aliphatic rings. The van der Waals surface area contributed by atoms with Crippen LogP contribution >= 0.6 is 11.6 Å². The summed E-state index contributed by atoms with van der Waals surface area (Å²) in [6.45, 7) is 0. The molecule has 0 saturated heterocycles. The number of amides is 1. The molecule has 3 aromatic carbocycles. The Morgan fingerprint density at radius 1 is 0.938 bits per heavy atom. The average Bonchev–Trinajstić information content (AvgIpc) is 2.75. The Bertz CT molecular complexity index is 1190. The summed E-state index contributed by atoms with van der Waals surface area (Å²) in [5.74, 6) is -0.943. The minimum atomic E-state index is -4.77. The monoisotopic (exact) mass is 482 g/mol. The molecular formula is C22H18ClF3N2O3S. The van der Waals surface area contributed by atoms with Gasteiger partial charge < -0.3 is 5.32 Å². The molecule has 0 fully saturated rings. The number of hydrogen-bond donors (Lipinski definition) is 2. The summed E-state index contributed by atoms with van der Waals surface area (Å²) in [6, 6.07) is 17.4. The number of halogens is 4. The van der Waals surface area contributed by atoms with Gasteiger partial charge in [0, 0.05) is 5.02 Å². The lowest BCUT2D eigenvalue weighted by molar-refractivity contribution is -0.137. The van der Waals surface area contributed by atoms with Gasteiger partial charge >= 0.3 is 6.18 Å². The van der Waals surface area contributed by atoms with E-state index in [1.807, 2.05) is 0 Å². The van der Waals surface area contributed by atoms with Gasteiger partial charge in [-0.25, -0.2) is 8.42 Å². The minimum absolute atomic E-state index is 0.0756. The van der Waals surface area contributed by atoms with Gasteiger partial charge in [0.05, 0.1) is 16.1 Å². The maximum atomic E-state index is 13.4. The summed E-state index contributed by atoms with van der Waals surface area (Å²) >= 11 is 5.68. The van der Waals surface area contributed by atoms with Crippen molar-refractivity contribution in [2.75, 3.05) is 5.32 Å². The smallest absolute Gasteiger partial charge is 0.324 e. The highest BCUT2D eigenvalue weighted by molar-refractivity contribution is 7.89. The van der Waals surface area contributed by atoms with Gasteiger partial charge in [-0.05, 0) is 42.3 Å². The van der Waals surface area contributed by atoms with Crippen molar-refractivity contribution in [2.24, 2.45) is 0 Å². The topological polar surface area (TPSA) is 75.3 Å². The molecule has 0 aromatic heterocycles. The molecule has 2 N–H and O–H groups in total. The van der Waals surface area contributed by atoms with Crippen molar-refractivity contribution in [3.63, 3.8) is 0 Å².